The molecule has 0 heterocycles. The van der Waals surface area contributed by atoms with E-state index in [1.807, 2.05) is 20.8 Å². The summed E-state index contributed by atoms with van der Waals surface area (Å²) in [5, 5.41) is 5.96. The highest BCUT2D eigenvalue weighted by Crippen LogP contribution is 2.25. The van der Waals surface area contributed by atoms with Crippen LogP contribution in [0.25, 0.3) is 0 Å². The van der Waals surface area contributed by atoms with E-state index in [1.54, 1.807) is 12.1 Å². The van der Waals surface area contributed by atoms with Gasteiger partial charge >= 0.3 is 0 Å². The smallest absolute Gasteiger partial charge is 0.248 e. The van der Waals surface area contributed by atoms with Crippen molar-refractivity contribution in [1.29, 1.82) is 0 Å². The van der Waals surface area contributed by atoms with Crippen molar-refractivity contribution in [1.82, 2.24) is 5.32 Å². The van der Waals surface area contributed by atoms with Crippen LogP contribution in [0.1, 0.15) is 37.6 Å². The third kappa shape index (κ3) is 5.83. The molecule has 0 saturated carbocycles. The molecule has 0 aromatic heterocycles. The van der Waals surface area contributed by atoms with Crippen molar-refractivity contribution < 1.29 is 14.3 Å². The van der Waals surface area contributed by atoms with E-state index in [2.05, 4.69) is 10.6 Å². The van der Waals surface area contributed by atoms with Crippen LogP contribution in [0.15, 0.2) is 18.2 Å². The number of carbonyl (C=O) groups excluding carboxylic acids is 2. The normalized spacial score (nSPS) is 11.0. The van der Waals surface area contributed by atoms with Crippen LogP contribution in [-0.2, 0) is 4.79 Å². The Morgan fingerprint density at radius 3 is 2.48 bits per heavy atom. The van der Waals surface area contributed by atoms with Crippen LogP contribution in [0, 0.1) is 0 Å². The molecule has 0 saturated heterocycles. The molecule has 0 spiro atoms. The first-order valence-corrected chi connectivity index (χ1v) is 6.75. The standard InChI is InChI=1S/C15H23N3O3/c1-15(2,3)17-8-7-13(19)18-11-9-10(14(16)20)5-6-12(11)21-4/h5-6,9,17H,7-8H2,1-4H3,(H2,16,20)(H,18,19). The van der Waals surface area contributed by atoms with Gasteiger partial charge in [0.05, 0.1) is 12.8 Å². The first-order chi connectivity index (χ1) is 9.73. The SMILES string of the molecule is COc1ccc(C(N)=O)cc1NC(=O)CCNC(C)(C)C. The Balaban J connectivity index is 2.70. The van der Waals surface area contributed by atoms with E-state index < -0.39 is 5.91 Å². The van der Waals surface area contributed by atoms with Crippen LogP contribution in [-0.4, -0.2) is 31.0 Å². The average Bonchev–Trinajstić information content (AvgIpc) is 2.36. The summed E-state index contributed by atoms with van der Waals surface area (Å²) in [6, 6.07) is 4.66. The van der Waals surface area contributed by atoms with Crippen LogP contribution in [0.5, 0.6) is 5.75 Å². The van der Waals surface area contributed by atoms with E-state index in [4.69, 9.17) is 10.5 Å². The molecular weight excluding hydrogens is 270 g/mol. The van der Waals surface area contributed by atoms with Crippen LogP contribution in [0.4, 0.5) is 5.69 Å². The molecule has 0 aliphatic heterocycles. The molecule has 4 N–H and O–H groups in total. The number of nitrogens with one attached hydrogen (secondary N) is 2. The Kier molecular flexibility index (Phi) is 5.72. The highest BCUT2D eigenvalue weighted by atomic mass is 16.5. The van der Waals surface area contributed by atoms with E-state index in [0.29, 0.717) is 30.0 Å². The monoisotopic (exact) mass is 293 g/mol. The van der Waals surface area contributed by atoms with Gasteiger partial charge in [0.25, 0.3) is 0 Å². The first-order valence-electron chi connectivity index (χ1n) is 6.75. The maximum atomic E-state index is 11.9. The number of methoxy groups -OCH3 is 1. The molecule has 1 aromatic rings. The van der Waals surface area contributed by atoms with Crippen LogP contribution < -0.4 is 21.1 Å². The number of hydrogen-bond acceptors (Lipinski definition) is 4. The molecule has 116 valence electrons. The molecule has 6 nitrogen and oxygen atoms in total. The highest BCUT2D eigenvalue weighted by molar-refractivity contribution is 5.97. The summed E-state index contributed by atoms with van der Waals surface area (Å²) in [6.45, 7) is 6.66. The largest absolute Gasteiger partial charge is 0.495 e. The number of nitrogens with two attached hydrogens (primary N) is 1. The highest BCUT2D eigenvalue weighted by Gasteiger charge is 2.12. The summed E-state index contributed by atoms with van der Waals surface area (Å²) in [7, 11) is 1.50. The number of ether oxygens (including phenoxy) is 1. The summed E-state index contributed by atoms with van der Waals surface area (Å²) in [5.41, 5.74) is 5.95. The number of rotatable bonds is 6. The van der Waals surface area contributed by atoms with Crippen LogP contribution in [0.3, 0.4) is 0 Å². The summed E-state index contributed by atoms with van der Waals surface area (Å²) < 4.78 is 5.16. The zero-order chi connectivity index (χ0) is 16.0. The first kappa shape index (κ1) is 17.0. The van der Waals surface area contributed by atoms with Crippen molar-refractivity contribution in [3.8, 4) is 5.75 Å². The molecule has 0 aliphatic rings. The fourth-order valence-corrected chi connectivity index (χ4v) is 1.72. The Morgan fingerprint density at radius 2 is 1.95 bits per heavy atom. The number of benzene rings is 1. The summed E-state index contributed by atoms with van der Waals surface area (Å²) in [5.74, 6) is -0.230. The van der Waals surface area contributed by atoms with E-state index >= 15 is 0 Å². The van der Waals surface area contributed by atoms with E-state index in [0.717, 1.165) is 0 Å². The topological polar surface area (TPSA) is 93.4 Å². The number of anilines is 1. The molecule has 0 aliphatic carbocycles. The van der Waals surface area contributed by atoms with Gasteiger partial charge in [0.1, 0.15) is 5.75 Å². The molecule has 0 fully saturated rings. The lowest BCUT2D eigenvalue weighted by Crippen LogP contribution is -2.37. The van der Waals surface area contributed by atoms with Gasteiger partial charge in [-0.3, -0.25) is 9.59 Å². The van der Waals surface area contributed by atoms with Gasteiger partial charge in [-0.2, -0.15) is 0 Å². The lowest BCUT2D eigenvalue weighted by atomic mass is 10.1. The third-order valence-electron chi connectivity index (χ3n) is 2.77. The van der Waals surface area contributed by atoms with Gasteiger partial charge in [-0.1, -0.05) is 0 Å². The average molecular weight is 293 g/mol. The minimum Gasteiger partial charge on any atom is -0.495 e. The summed E-state index contributed by atoms with van der Waals surface area (Å²) in [4.78, 5) is 23.1. The van der Waals surface area contributed by atoms with Gasteiger partial charge in [-0.05, 0) is 39.0 Å². The van der Waals surface area contributed by atoms with Crippen molar-refractivity contribution in [2.75, 3.05) is 19.0 Å². The van der Waals surface area contributed by atoms with Gasteiger partial charge in [0.15, 0.2) is 0 Å². The molecule has 0 atom stereocenters. The third-order valence-corrected chi connectivity index (χ3v) is 2.77. The molecule has 1 aromatic carbocycles. The molecule has 0 unspecified atom stereocenters. The lowest BCUT2D eigenvalue weighted by molar-refractivity contribution is -0.116. The molecular formula is C15H23N3O3. The van der Waals surface area contributed by atoms with Gasteiger partial charge in [0.2, 0.25) is 11.8 Å². The van der Waals surface area contributed by atoms with Gasteiger partial charge in [0, 0.05) is 24.1 Å². The van der Waals surface area contributed by atoms with Crippen LogP contribution >= 0.6 is 0 Å². The maximum absolute atomic E-state index is 11.9. The number of primary amides is 1. The van der Waals surface area contributed by atoms with Gasteiger partial charge in [-0.25, -0.2) is 0 Å². The number of hydrogen-bond donors (Lipinski definition) is 3. The van der Waals surface area contributed by atoms with Crippen molar-refractivity contribution in [2.24, 2.45) is 5.73 Å². The Bertz CT molecular complexity index is 521. The number of amides is 2. The van der Waals surface area contributed by atoms with Crippen LogP contribution in [0.2, 0.25) is 0 Å². The number of carbonyl (C=O) groups is 2. The second-order valence-corrected chi connectivity index (χ2v) is 5.75. The molecule has 2 amide bonds. The van der Waals surface area contributed by atoms with E-state index in [-0.39, 0.29) is 11.4 Å². The van der Waals surface area contributed by atoms with Crippen molar-refractivity contribution in [2.45, 2.75) is 32.7 Å². The maximum Gasteiger partial charge on any atom is 0.248 e. The quantitative estimate of drug-likeness (QED) is 0.741. The van der Waals surface area contributed by atoms with Crippen molar-refractivity contribution in [3.63, 3.8) is 0 Å². The zero-order valence-electron chi connectivity index (χ0n) is 12.9. The van der Waals surface area contributed by atoms with Crippen molar-refractivity contribution in [3.05, 3.63) is 23.8 Å². The second kappa shape index (κ2) is 7.08. The predicted molar refractivity (Wildman–Crippen MR) is 82.5 cm³/mol. The fraction of sp³-hybridized carbons (Fsp3) is 0.467. The molecule has 0 bridgehead atoms. The lowest BCUT2D eigenvalue weighted by Gasteiger charge is -2.20. The minimum atomic E-state index is -0.553. The second-order valence-electron chi connectivity index (χ2n) is 5.75. The Hall–Kier alpha value is -2.08. The minimum absolute atomic E-state index is 0.0378. The fourth-order valence-electron chi connectivity index (χ4n) is 1.72. The Morgan fingerprint density at radius 1 is 1.29 bits per heavy atom. The summed E-state index contributed by atoms with van der Waals surface area (Å²) in [6.07, 6.45) is 0.321. The van der Waals surface area contributed by atoms with Crippen molar-refractivity contribution >= 4 is 17.5 Å². The predicted octanol–water partition coefficient (Wildman–Crippen LogP) is 1.51. The zero-order valence-corrected chi connectivity index (χ0v) is 12.9. The molecule has 21 heavy (non-hydrogen) atoms. The Labute approximate surface area is 125 Å². The summed E-state index contributed by atoms with van der Waals surface area (Å²) >= 11 is 0. The molecule has 1 rings (SSSR count). The van der Waals surface area contributed by atoms with Gasteiger partial charge in [-0.15, -0.1) is 0 Å². The molecule has 0 radical (unpaired) electrons. The van der Waals surface area contributed by atoms with Gasteiger partial charge < -0.3 is 21.1 Å². The van der Waals surface area contributed by atoms with E-state index in [1.165, 1.54) is 13.2 Å². The molecule has 6 heteroatoms. The van der Waals surface area contributed by atoms with E-state index in [9.17, 15) is 9.59 Å².